The monoisotopic (exact) mass is 300 g/mol. The van der Waals surface area contributed by atoms with Gasteiger partial charge in [0.2, 0.25) is 5.91 Å². The fourth-order valence-electron chi connectivity index (χ4n) is 1.31. The molecule has 0 spiro atoms. The standard InChI is InChI=1S/C12H17BrN2O2/c1-3-17-5-4-12(16)15-11-7-10(14)8(2)6-9(11)13/h6-7H,3-5,14H2,1-2H3,(H,15,16). The summed E-state index contributed by atoms with van der Waals surface area (Å²) in [5, 5.41) is 2.79. The molecule has 1 aromatic carbocycles. The molecule has 0 unspecified atom stereocenters. The number of hydrogen-bond donors (Lipinski definition) is 2. The van der Waals surface area contributed by atoms with Crippen LogP contribution in [0.1, 0.15) is 18.9 Å². The van der Waals surface area contributed by atoms with Gasteiger partial charge in [0.25, 0.3) is 0 Å². The molecular formula is C12H17BrN2O2. The third-order valence-corrected chi connectivity index (χ3v) is 2.96. The molecule has 0 aliphatic carbocycles. The van der Waals surface area contributed by atoms with Crippen LogP contribution in [0, 0.1) is 6.92 Å². The van der Waals surface area contributed by atoms with Gasteiger partial charge in [-0.25, -0.2) is 0 Å². The van der Waals surface area contributed by atoms with E-state index in [9.17, 15) is 4.79 Å². The Morgan fingerprint density at radius 2 is 2.24 bits per heavy atom. The number of amides is 1. The van der Waals surface area contributed by atoms with Crippen LogP contribution in [0.3, 0.4) is 0 Å². The fourth-order valence-corrected chi connectivity index (χ4v) is 1.86. The molecule has 0 atom stereocenters. The highest BCUT2D eigenvalue weighted by Gasteiger charge is 2.07. The molecule has 0 fully saturated rings. The van der Waals surface area contributed by atoms with E-state index in [-0.39, 0.29) is 5.91 Å². The second kappa shape index (κ2) is 6.61. The highest BCUT2D eigenvalue weighted by molar-refractivity contribution is 9.10. The predicted molar refractivity (Wildman–Crippen MR) is 73.0 cm³/mol. The summed E-state index contributed by atoms with van der Waals surface area (Å²) in [4.78, 5) is 11.6. The minimum absolute atomic E-state index is 0.0811. The molecule has 3 N–H and O–H groups in total. The molecule has 0 saturated carbocycles. The maximum Gasteiger partial charge on any atom is 0.226 e. The second-order valence-corrected chi connectivity index (χ2v) is 4.54. The zero-order valence-electron chi connectivity index (χ0n) is 10.0. The SMILES string of the molecule is CCOCCC(=O)Nc1cc(N)c(C)cc1Br. The first kappa shape index (κ1) is 14.0. The van der Waals surface area contributed by atoms with Crippen LogP contribution in [0.2, 0.25) is 0 Å². The van der Waals surface area contributed by atoms with Gasteiger partial charge in [-0.05, 0) is 47.5 Å². The number of halogens is 1. The summed E-state index contributed by atoms with van der Waals surface area (Å²) in [6, 6.07) is 3.63. The van der Waals surface area contributed by atoms with Gasteiger partial charge in [0, 0.05) is 16.8 Å². The summed E-state index contributed by atoms with van der Waals surface area (Å²) in [5.41, 5.74) is 8.12. The van der Waals surface area contributed by atoms with E-state index in [2.05, 4.69) is 21.2 Å². The number of ether oxygens (including phenoxy) is 1. The lowest BCUT2D eigenvalue weighted by atomic mass is 10.2. The average molecular weight is 301 g/mol. The minimum atomic E-state index is -0.0811. The Morgan fingerprint density at radius 3 is 2.88 bits per heavy atom. The van der Waals surface area contributed by atoms with E-state index in [4.69, 9.17) is 10.5 Å². The molecule has 4 nitrogen and oxygen atoms in total. The zero-order chi connectivity index (χ0) is 12.8. The van der Waals surface area contributed by atoms with Crippen molar-refractivity contribution in [3.8, 4) is 0 Å². The summed E-state index contributed by atoms with van der Waals surface area (Å²) in [6.07, 6.45) is 0.341. The van der Waals surface area contributed by atoms with Crippen LogP contribution in [-0.2, 0) is 9.53 Å². The van der Waals surface area contributed by atoms with Crippen molar-refractivity contribution in [1.82, 2.24) is 0 Å². The number of rotatable bonds is 5. The van der Waals surface area contributed by atoms with E-state index >= 15 is 0 Å². The molecule has 0 aliphatic heterocycles. The fraction of sp³-hybridized carbons (Fsp3) is 0.417. The van der Waals surface area contributed by atoms with Gasteiger partial charge in [-0.2, -0.15) is 0 Å². The van der Waals surface area contributed by atoms with Crippen LogP contribution in [-0.4, -0.2) is 19.1 Å². The van der Waals surface area contributed by atoms with Crippen molar-refractivity contribution in [3.05, 3.63) is 22.2 Å². The van der Waals surface area contributed by atoms with Crippen molar-refractivity contribution in [3.63, 3.8) is 0 Å². The Balaban J connectivity index is 2.62. The Kier molecular flexibility index (Phi) is 5.44. The first-order valence-corrected chi connectivity index (χ1v) is 6.27. The number of anilines is 2. The van der Waals surface area contributed by atoms with Gasteiger partial charge in [0.1, 0.15) is 0 Å². The molecule has 0 bridgehead atoms. The quantitative estimate of drug-likeness (QED) is 0.649. The summed E-state index contributed by atoms with van der Waals surface area (Å²) < 4.78 is 5.95. The van der Waals surface area contributed by atoms with Crippen molar-refractivity contribution in [2.24, 2.45) is 0 Å². The van der Waals surface area contributed by atoms with Crippen LogP contribution in [0.4, 0.5) is 11.4 Å². The first-order valence-electron chi connectivity index (χ1n) is 5.47. The maximum atomic E-state index is 11.6. The molecule has 1 aromatic rings. The molecule has 17 heavy (non-hydrogen) atoms. The van der Waals surface area contributed by atoms with Gasteiger partial charge in [-0.1, -0.05) is 0 Å². The van der Waals surface area contributed by atoms with Gasteiger partial charge in [-0.3, -0.25) is 4.79 Å². The Labute approximate surface area is 110 Å². The van der Waals surface area contributed by atoms with E-state index < -0.39 is 0 Å². The van der Waals surface area contributed by atoms with Crippen molar-refractivity contribution < 1.29 is 9.53 Å². The molecule has 94 valence electrons. The topological polar surface area (TPSA) is 64.3 Å². The van der Waals surface area contributed by atoms with E-state index in [1.165, 1.54) is 0 Å². The predicted octanol–water partition coefficient (Wildman–Crippen LogP) is 2.70. The number of benzene rings is 1. The Morgan fingerprint density at radius 1 is 1.53 bits per heavy atom. The molecule has 0 radical (unpaired) electrons. The molecule has 0 saturated heterocycles. The van der Waals surface area contributed by atoms with Gasteiger partial charge in [0.15, 0.2) is 0 Å². The van der Waals surface area contributed by atoms with E-state index in [0.29, 0.717) is 31.0 Å². The molecule has 1 rings (SSSR count). The summed E-state index contributed by atoms with van der Waals surface area (Å²) in [5.74, 6) is -0.0811. The third-order valence-electron chi connectivity index (χ3n) is 2.31. The Bertz CT molecular complexity index is 408. The normalized spacial score (nSPS) is 10.3. The molecule has 0 aromatic heterocycles. The van der Waals surface area contributed by atoms with E-state index in [1.807, 2.05) is 19.9 Å². The minimum Gasteiger partial charge on any atom is -0.398 e. The van der Waals surface area contributed by atoms with E-state index in [1.54, 1.807) is 6.07 Å². The number of hydrogen-bond acceptors (Lipinski definition) is 3. The lowest BCUT2D eigenvalue weighted by molar-refractivity contribution is -0.117. The number of aryl methyl sites for hydroxylation is 1. The first-order chi connectivity index (χ1) is 8.04. The largest absolute Gasteiger partial charge is 0.398 e. The molecule has 1 amide bonds. The van der Waals surface area contributed by atoms with Gasteiger partial charge in [-0.15, -0.1) is 0 Å². The Hall–Kier alpha value is -1.07. The summed E-state index contributed by atoms with van der Waals surface area (Å²) >= 11 is 3.39. The molecule has 0 heterocycles. The summed E-state index contributed by atoms with van der Waals surface area (Å²) in [6.45, 7) is 4.87. The number of carbonyl (C=O) groups excluding carboxylic acids is 1. The molecular weight excluding hydrogens is 284 g/mol. The van der Waals surface area contributed by atoms with Crippen molar-refractivity contribution in [1.29, 1.82) is 0 Å². The smallest absolute Gasteiger partial charge is 0.226 e. The van der Waals surface area contributed by atoms with Crippen LogP contribution >= 0.6 is 15.9 Å². The van der Waals surface area contributed by atoms with Crippen molar-refractivity contribution in [2.45, 2.75) is 20.3 Å². The van der Waals surface area contributed by atoms with Crippen LogP contribution in [0.15, 0.2) is 16.6 Å². The number of nitrogens with two attached hydrogens (primary N) is 1. The average Bonchev–Trinajstić information content (AvgIpc) is 2.26. The molecule has 0 aliphatic rings. The maximum absolute atomic E-state index is 11.6. The highest BCUT2D eigenvalue weighted by atomic mass is 79.9. The van der Waals surface area contributed by atoms with Crippen molar-refractivity contribution in [2.75, 3.05) is 24.3 Å². The number of nitrogen functional groups attached to an aromatic ring is 1. The number of nitrogens with one attached hydrogen (secondary N) is 1. The zero-order valence-corrected chi connectivity index (χ0v) is 11.6. The van der Waals surface area contributed by atoms with Crippen molar-refractivity contribution >= 4 is 33.2 Å². The van der Waals surface area contributed by atoms with Gasteiger partial charge in [0.05, 0.1) is 18.7 Å². The van der Waals surface area contributed by atoms with Gasteiger partial charge >= 0.3 is 0 Å². The molecule has 5 heteroatoms. The lowest BCUT2D eigenvalue weighted by Gasteiger charge is -2.10. The highest BCUT2D eigenvalue weighted by Crippen LogP contribution is 2.27. The van der Waals surface area contributed by atoms with Crippen LogP contribution in [0.25, 0.3) is 0 Å². The van der Waals surface area contributed by atoms with E-state index in [0.717, 1.165) is 10.0 Å². The van der Waals surface area contributed by atoms with Crippen LogP contribution < -0.4 is 11.1 Å². The lowest BCUT2D eigenvalue weighted by Crippen LogP contribution is -2.14. The third kappa shape index (κ3) is 4.36. The second-order valence-electron chi connectivity index (χ2n) is 3.68. The number of carbonyl (C=O) groups is 1. The summed E-state index contributed by atoms with van der Waals surface area (Å²) in [7, 11) is 0. The van der Waals surface area contributed by atoms with Gasteiger partial charge < -0.3 is 15.8 Å². The van der Waals surface area contributed by atoms with Crippen LogP contribution in [0.5, 0.6) is 0 Å².